The van der Waals surface area contributed by atoms with E-state index < -0.39 is 0 Å². The van der Waals surface area contributed by atoms with Crippen LogP contribution in [0.25, 0.3) is 0 Å². The summed E-state index contributed by atoms with van der Waals surface area (Å²) in [5.74, 6) is 0.995. The van der Waals surface area contributed by atoms with Crippen molar-refractivity contribution in [2.24, 2.45) is 0 Å². The molecule has 0 unspecified atom stereocenters. The minimum Gasteiger partial charge on any atom is -0.368 e. The normalized spacial score (nSPS) is 15.5. The van der Waals surface area contributed by atoms with Crippen LogP contribution in [0, 0.1) is 13.8 Å². The van der Waals surface area contributed by atoms with Gasteiger partial charge in [-0.25, -0.2) is 4.98 Å². The van der Waals surface area contributed by atoms with E-state index in [-0.39, 0.29) is 0 Å². The van der Waals surface area contributed by atoms with Crippen molar-refractivity contribution >= 4 is 11.5 Å². The monoisotopic (exact) mass is 268 g/mol. The molecule has 3 rings (SSSR count). The van der Waals surface area contributed by atoms with E-state index in [4.69, 9.17) is 0 Å². The zero-order chi connectivity index (χ0) is 13.9. The van der Waals surface area contributed by atoms with Crippen molar-refractivity contribution in [2.75, 3.05) is 36.0 Å². The van der Waals surface area contributed by atoms with Gasteiger partial charge in [-0.3, -0.25) is 4.98 Å². The van der Waals surface area contributed by atoms with Crippen LogP contribution in [0.1, 0.15) is 11.3 Å². The van der Waals surface area contributed by atoms with Crippen LogP contribution in [0.3, 0.4) is 0 Å². The number of nitrogens with zero attached hydrogens (tertiary/aromatic N) is 4. The van der Waals surface area contributed by atoms with Crippen LogP contribution in [0.2, 0.25) is 0 Å². The van der Waals surface area contributed by atoms with Crippen LogP contribution in [0.15, 0.2) is 36.7 Å². The van der Waals surface area contributed by atoms with E-state index >= 15 is 0 Å². The summed E-state index contributed by atoms with van der Waals surface area (Å²) in [6.07, 6.45) is 3.66. The highest BCUT2D eigenvalue weighted by molar-refractivity contribution is 5.54. The maximum atomic E-state index is 4.56. The van der Waals surface area contributed by atoms with Crippen LogP contribution >= 0.6 is 0 Å². The maximum Gasteiger partial charge on any atom is 0.147 e. The Kier molecular flexibility index (Phi) is 3.54. The van der Waals surface area contributed by atoms with E-state index in [1.54, 1.807) is 6.20 Å². The Balaban J connectivity index is 1.70. The molecule has 1 aliphatic heterocycles. The van der Waals surface area contributed by atoms with Gasteiger partial charge in [-0.05, 0) is 25.5 Å². The van der Waals surface area contributed by atoms with Crippen LogP contribution in [-0.4, -0.2) is 36.1 Å². The Morgan fingerprint density at radius 2 is 1.60 bits per heavy atom. The third-order valence-electron chi connectivity index (χ3n) is 3.80. The Hall–Kier alpha value is -2.10. The number of hydrogen-bond donors (Lipinski definition) is 0. The van der Waals surface area contributed by atoms with Gasteiger partial charge in [0.25, 0.3) is 0 Å². The lowest BCUT2D eigenvalue weighted by molar-refractivity contribution is 0.644. The molecule has 1 aromatic heterocycles. The minimum atomic E-state index is 0.976. The Morgan fingerprint density at radius 3 is 2.30 bits per heavy atom. The van der Waals surface area contributed by atoms with Crippen molar-refractivity contribution < 1.29 is 0 Å². The highest BCUT2D eigenvalue weighted by Crippen LogP contribution is 2.22. The fourth-order valence-corrected chi connectivity index (χ4v) is 2.70. The Labute approximate surface area is 120 Å². The molecule has 0 spiro atoms. The van der Waals surface area contributed by atoms with Crippen molar-refractivity contribution in [3.8, 4) is 0 Å². The largest absolute Gasteiger partial charge is 0.368 e. The number of benzene rings is 1. The summed E-state index contributed by atoms with van der Waals surface area (Å²) in [4.78, 5) is 13.6. The molecule has 0 saturated carbocycles. The first-order valence-electron chi connectivity index (χ1n) is 7.08. The van der Waals surface area contributed by atoms with Crippen LogP contribution in [0.4, 0.5) is 11.5 Å². The molecule has 2 aromatic rings. The zero-order valence-electron chi connectivity index (χ0n) is 12.1. The molecule has 104 valence electrons. The quantitative estimate of drug-likeness (QED) is 0.837. The summed E-state index contributed by atoms with van der Waals surface area (Å²) in [5, 5.41) is 0. The second-order valence-corrected chi connectivity index (χ2v) is 5.28. The van der Waals surface area contributed by atoms with Gasteiger partial charge in [-0.2, -0.15) is 0 Å². The fraction of sp³-hybridized carbons (Fsp3) is 0.375. The number of rotatable bonds is 2. The van der Waals surface area contributed by atoms with Gasteiger partial charge in [-0.15, -0.1) is 0 Å². The van der Waals surface area contributed by atoms with E-state index in [2.05, 4.69) is 51.0 Å². The molecule has 0 bridgehead atoms. The highest BCUT2D eigenvalue weighted by Gasteiger charge is 2.19. The number of piperazine rings is 1. The average Bonchev–Trinajstić information content (AvgIpc) is 2.48. The van der Waals surface area contributed by atoms with Crippen molar-refractivity contribution in [3.05, 3.63) is 47.9 Å². The van der Waals surface area contributed by atoms with Crippen molar-refractivity contribution in [1.82, 2.24) is 9.97 Å². The van der Waals surface area contributed by atoms with Crippen LogP contribution in [-0.2, 0) is 0 Å². The number of hydrogen-bond acceptors (Lipinski definition) is 4. The van der Waals surface area contributed by atoms with Gasteiger partial charge in [0.1, 0.15) is 5.82 Å². The molecule has 0 amide bonds. The molecule has 1 fully saturated rings. The summed E-state index contributed by atoms with van der Waals surface area (Å²) in [7, 11) is 0. The molecule has 0 N–H and O–H groups in total. The van der Waals surface area contributed by atoms with Gasteiger partial charge in [0, 0.05) is 38.1 Å². The van der Waals surface area contributed by atoms with E-state index in [0.29, 0.717) is 0 Å². The second-order valence-electron chi connectivity index (χ2n) is 5.28. The third kappa shape index (κ3) is 2.59. The topological polar surface area (TPSA) is 32.3 Å². The predicted molar refractivity (Wildman–Crippen MR) is 82.4 cm³/mol. The summed E-state index contributed by atoms with van der Waals surface area (Å²) in [6.45, 7) is 8.20. The van der Waals surface area contributed by atoms with E-state index in [1.165, 1.54) is 11.3 Å². The lowest BCUT2D eigenvalue weighted by atomic mass is 10.1. The average molecular weight is 268 g/mol. The summed E-state index contributed by atoms with van der Waals surface area (Å²) in [5.41, 5.74) is 3.67. The molecule has 2 heterocycles. The minimum absolute atomic E-state index is 0.976. The van der Waals surface area contributed by atoms with Crippen molar-refractivity contribution in [1.29, 1.82) is 0 Å². The van der Waals surface area contributed by atoms with Gasteiger partial charge in [0.15, 0.2) is 0 Å². The van der Waals surface area contributed by atoms with Gasteiger partial charge in [0.2, 0.25) is 0 Å². The Bertz CT molecular complexity index is 589. The Morgan fingerprint density at radius 1 is 0.900 bits per heavy atom. The molecular formula is C16H20N4. The van der Waals surface area contributed by atoms with Gasteiger partial charge < -0.3 is 9.80 Å². The molecule has 20 heavy (non-hydrogen) atoms. The SMILES string of the molecule is Cc1cncc(N2CCN(c3ccccc3C)CC2)n1. The van der Waals surface area contributed by atoms with Crippen LogP contribution in [0.5, 0.6) is 0 Å². The first kappa shape index (κ1) is 12.9. The first-order valence-corrected chi connectivity index (χ1v) is 7.08. The van der Waals surface area contributed by atoms with E-state index in [1.807, 2.05) is 13.1 Å². The van der Waals surface area contributed by atoms with E-state index in [0.717, 1.165) is 37.7 Å². The summed E-state index contributed by atoms with van der Waals surface area (Å²) >= 11 is 0. The second kappa shape index (κ2) is 5.49. The van der Waals surface area contributed by atoms with Gasteiger partial charge in [0.05, 0.1) is 11.9 Å². The number of para-hydroxylation sites is 1. The molecule has 1 saturated heterocycles. The predicted octanol–water partition coefficient (Wildman–Crippen LogP) is 2.42. The maximum absolute atomic E-state index is 4.56. The van der Waals surface area contributed by atoms with Gasteiger partial charge >= 0.3 is 0 Å². The molecule has 0 radical (unpaired) electrons. The van der Waals surface area contributed by atoms with Crippen LogP contribution < -0.4 is 9.80 Å². The number of aryl methyl sites for hydroxylation is 2. The standard InChI is InChI=1S/C16H20N4/c1-13-5-3-4-6-15(13)19-7-9-20(10-8-19)16-12-17-11-14(2)18-16/h3-6,11-12H,7-10H2,1-2H3. The molecule has 0 atom stereocenters. The molecule has 4 nitrogen and oxygen atoms in total. The van der Waals surface area contributed by atoms with Crippen molar-refractivity contribution in [2.45, 2.75) is 13.8 Å². The number of anilines is 2. The fourth-order valence-electron chi connectivity index (χ4n) is 2.70. The first-order chi connectivity index (χ1) is 9.74. The molecule has 4 heteroatoms. The smallest absolute Gasteiger partial charge is 0.147 e. The van der Waals surface area contributed by atoms with Gasteiger partial charge in [-0.1, -0.05) is 18.2 Å². The third-order valence-corrected chi connectivity index (χ3v) is 3.80. The summed E-state index contributed by atoms with van der Waals surface area (Å²) < 4.78 is 0. The number of aromatic nitrogens is 2. The lowest BCUT2D eigenvalue weighted by Crippen LogP contribution is -2.47. The highest BCUT2D eigenvalue weighted by atomic mass is 15.3. The molecule has 0 aliphatic carbocycles. The molecular weight excluding hydrogens is 248 g/mol. The summed E-state index contributed by atoms with van der Waals surface area (Å²) in [6, 6.07) is 8.59. The van der Waals surface area contributed by atoms with Crippen molar-refractivity contribution in [3.63, 3.8) is 0 Å². The zero-order valence-corrected chi connectivity index (χ0v) is 12.1. The molecule has 1 aromatic carbocycles. The lowest BCUT2D eigenvalue weighted by Gasteiger charge is -2.37. The van der Waals surface area contributed by atoms with E-state index in [9.17, 15) is 0 Å². The molecule has 1 aliphatic rings.